The topological polar surface area (TPSA) is 21.7 Å². The molecule has 0 atom stereocenters. The van der Waals surface area contributed by atoms with E-state index in [0.717, 1.165) is 13.1 Å². The zero-order valence-corrected chi connectivity index (χ0v) is 6.08. The van der Waals surface area contributed by atoms with Crippen molar-refractivity contribution in [3.05, 3.63) is 0 Å². The molecule has 58 valence electrons. The molecule has 0 aromatic rings. The van der Waals surface area contributed by atoms with Crippen LogP contribution in [0.15, 0.2) is 0 Å². The molecule has 0 spiro atoms. The molecule has 0 saturated carbocycles. The van der Waals surface area contributed by atoms with Crippen LogP contribution in [0.1, 0.15) is 19.3 Å². The van der Waals surface area contributed by atoms with E-state index in [2.05, 4.69) is 4.90 Å². The monoisotopic (exact) mass is 143 g/mol. The van der Waals surface area contributed by atoms with E-state index in [4.69, 9.17) is 9.47 Å². The molecule has 0 amide bonds. The Morgan fingerprint density at radius 3 is 2.20 bits per heavy atom. The van der Waals surface area contributed by atoms with Gasteiger partial charge >= 0.3 is 0 Å². The number of hydrogen-bond acceptors (Lipinski definition) is 3. The van der Waals surface area contributed by atoms with E-state index in [1.807, 2.05) is 0 Å². The van der Waals surface area contributed by atoms with E-state index < -0.39 is 0 Å². The lowest BCUT2D eigenvalue weighted by Gasteiger charge is -2.38. The van der Waals surface area contributed by atoms with Crippen LogP contribution in [0.25, 0.3) is 0 Å². The van der Waals surface area contributed by atoms with Crippen molar-refractivity contribution in [2.75, 3.05) is 19.9 Å². The maximum absolute atomic E-state index is 5.17. The summed E-state index contributed by atoms with van der Waals surface area (Å²) in [5, 5.41) is 0. The second kappa shape index (κ2) is 2.86. The van der Waals surface area contributed by atoms with Gasteiger partial charge in [0.1, 0.15) is 0 Å². The van der Waals surface area contributed by atoms with Gasteiger partial charge in [-0.05, 0) is 12.8 Å². The van der Waals surface area contributed by atoms with Crippen LogP contribution in [-0.2, 0) is 9.47 Å². The van der Waals surface area contributed by atoms with Gasteiger partial charge in [-0.2, -0.15) is 0 Å². The van der Waals surface area contributed by atoms with E-state index in [1.54, 1.807) is 0 Å². The fraction of sp³-hybridized carbons (Fsp3) is 1.00. The molecule has 0 radical (unpaired) electrons. The Morgan fingerprint density at radius 1 is 1.00 bits per heavy atom. The molecule has 0 N–H and O–H groups in total. The zero-order chi connectivity index (χ0) is 6.81. The summed E-state index contributed by atoms with van der Waals surface area (Å²) in [7, 11) is 0. The molecule has 3 heteroatoms. The number of rotatable bonds is 1. The fourth-order valence-corrected chi connectivity index (χ4v) is 1.47. The van der Waals surface area contributed by atoms with E-state index in [9.17, 15) is 0 Å². The fourth-order valence-electron chi connectivity index (χ4n) is 1.47. The van der Waals surface area contributed by atoms with Crippen LogP contribution in [0.3, 0.4) is 0 Å². The molecule has 0 aromatic carbocycles. The zero-order valence-electron chi connectivity index (χ0n) is 6.08. The van der Waals surface area contributed by atoms with Crippen molar-refractivity contribution in [3.63, 3.8) is 0 Å². The standard InChI is InChI=1S/C7H13NO2/c1-2-4-8(5-3-1)7-9-6-10-7/h7H,1-6H2. The second-order valence-electron chi connectivity index (χ2n) is 2.85. The average molecular weight is 143 g/mol. The van der Waals surface area contributed by atoms with Gasteiger partial charge in [0.2, 0.25) is 6.41 Å². The number of hydrogen-bond donors (Lipinski definition) is 0. The van der Waals surface area contributed by atoms with Crippen LogP contribution in [0.4, 0.5) is 0 Å². The van der Waals surface area contributed by atoms with Gasteiger partial charge in [0.25, 0.3) is 0 Å². The van der Waals surface area contributed by atoms with Crippen LogP contribution in [0.2, 0.25) is 0 Å². The Hall–Kier alpha value is -0.120. The summed E-state index contributed by atoms with van der Waals surface area (Å²) in [5.41, 5.74) is 0. The van der Waals surface area contributed by atoms with Crippen LogP contribution in [0.5, 0.6) is 0 Å². The minimum absolute atomic E-state index is 0.000278. The van der Waals surface area contributed by atoms with Crippen molar-refractivity contribution < 1.29 is 9.47 Å². The first-order valence-corrected chi connectivity index (χ1v) is 3.94. The number of nitrogens with zero attached hydrogens (tertiary/aromatic N) is 1. The molecule has 2 rings (SSSR count). The molecule has 2 aliphatic heterocycles. The SMILES string of the molecule is C1CCN(C2OCO2)CC1. The first kappa shape index (κ1) is 6.58. The van der Waals surface area contributed by atoms with Crippen LogP contribution >= 0.6 is 0 Å². The Bertz CT molecular complexity index is 108. The highest BCUT2D eigenvalue weighted by Crippen LogP contribution is 2.17. The predicted octanol–water partition coefficient (Wildman–Crippen LogP) is 0.760. The highest BCUT2D eigenvalue weighted by atomic mass is 16.9. The van der Waals surface area contributed by atoms with Crippen molar-refractivity contribution in [2.45, 2.75) is 25.7 Å². The van der Waals surface area contributed by atoms with Crippen molar-refractivity contribution in [3.8, 4) is 0 Å². The van der Waals surface area contributed by atoms with Crippen molar-refractivity contribution in [2.24, 2.45) is 0 Å². The largest absolute Gasteiger partial charge is 0.313 e. The van der Waals surface area contributed by atoms with Gasteiger partial charge in [-0.15, -0.1) is 0 Å². The van der Waals surface area contributed by atoms with Crippen LogP contribution in [0, 0.1) is 0 Å². The normalized spacial score (nSPS) is 30.0. The summed E-state index contributed by atoms with van der Waals surface area (Å²) in [6, 6.07) is 0. The van der Waals surface area contributed by atoms with Crippen molar-refractivity contribution in [1.29, 1.82) is 0 Å². The Balaban J connectivity index is 1.78. The third-order valence-corrected chi connectivity index (χ3v) is 2.11. The average Bonchev–Trinajstić information content (AvgIpc) is 1.86. The van der Waals surface area contributed by atoms with Gasteiger partial charge in [0.15, 0.2) is 6.79 Å². The third-order valence-electron chi connectivity index (χ3n) is 2.11. The lowest BCUT2D eigenvalue weighted by Crippen LogP contribution is -2.48. The minimum Gasteiger partial charge on any atom is -0.313 e. The van der Waals surface area contributed by atoms with Gasteiger partial charge < -0.3 is 9.47 Å². The second-order valence-corrected chi connectivity index (χ2v) is 2.85. The van der Waals surface area contributed by atoms with Crippen LogP contribution in [-0.4, -0.2) is 31.2 Å². The molecule has 2 fully saturated rings. The molecular formula is C7H13NO2. The maximum atomic E-state index is 5.17. The molecule has 2 heterocycles. The van der Waals surface area contributed by atoms with Crippen molar-refractivity contribution >= 4 is 0 Å². The summed E-state index contributed by atoms with van der Waals surface area (Å²) in [6.07, 6.45) is 3.95. The summed E-state index contributed by atoms with van der Waals surface area (Å²) in [5.74, 6) is 0. The van der Waals surface area contributed by atoms with E-state index in [-0.39, 0.29) is 6.41 Å². The molecule has 3 nitrogen and oxygen atoms in total. The first-order chi connectivity index (χ1) is 4.97. The van der Waals surface area contributed by atoms with Gasteiger partial charge in [-0.3, -0.25) is 4.90 Å². The highest BCUT2D eigenvalue weighted by Gasteiger charge is 2.27. The Morgan fingerprint density at radius 2 is 1.70 bits per heavy atom. The van der Waals surface area contributed by atoms with Gasteiger partial charge in [-0.25, -0.2) is 0 Å². The first-order valence-electron chi connectivity index (χ1n) is 3.94. The van der Waals surface area contributed by atoms with Crippen LogP contribution < -0.4 is 0 Å². The summed E-state index contributed by atoms with van der Waals surface area (Å²) in [6.45, 7) is 2.77. The number of piperidine rings is 1. The lowest BCUT2D eigenvalue weighted by molar-refractivity contribution is -0.376. The van der Waals surface area contributed by atoms with E-state index >= 15 is 0 Å². The number of likely N-dealkylation sites (tertiary alicyclic amines) is 1. The molecular weight excluding hydrogens is 130 g/mol. The maximum Gasteiger partial charge on any atom is 0.222 e. The number of ether oxygens (including phenoxy) is 2. The summed E-state index contributed by atoms with van der Waals surface area (Å²) < 4.78 is 10.3. The Labute approximate surface area is 60.9 Å². The molecule has 0 unspecified atom stereocenters. The highest BCUT2D eigenvalue weighted by molar-refractivity contribution is 4.65. The minimum atomic E-state index is 0.000278. The van der Waals surface area contributed by atoms with Crippen molar-refractivity contribution in [1.82, 2.24) is 4.90 Å². The summed E-state index contributed by atoms with van der Waals surface area (Å²) in [4.78, 5) is 2.26. The molecule has 0 bridgehead atoms. The summed E-state index contributed by atoms with van der Waals surface area (Å²) >= 11 is 0. The third kappa shape index (κ3) is 1.17. The quantitative estimate of drug-likeness (QED) is 0.541. The smallest absolute Gasteiger partial charge is 0.222 e. The molecule has 10 heavy (non-hydrogen) atoms. The molecule has 2 saturated heterocycles. The van der Waals surface area contributed by atoms with Gasteiger partial charge in [0.05, 0.1) is 0 Å². The van der Waals surface area contributed by atoms with E-state index in [0.29, 0.717) is 6.79 Å². The lowest BCUT2D eigenvalue weighted by atomic mass is 10.1. The predicted molar refractivity (Wildman–Crippen MR) is 36.2 cm³/mol. The Kier molecular flexibility index (Phi) is 1.88. The van der Waals surface area contributed by atoms with Gasteiger partial charge in [-0.1, -0.05) is 6.42 Å². The molecule has 0 aliphatic carbocycles. The molecule has 0 aromatic heterocycles. The van der Waals surface area contributed by atoms with E-state index in [1.165, 1.54) is 19.3 Å². The van der Waals surface area contributed by atoms with Gasteiger partial charge in [0, 0.05) is 13.1 Å². The molecule has 2 aliphatic rings.